The zero-order chi connectivity index (χ0) is 28.3. The number of ether oxygens (including phenoxy) is 1. The summed E-state index contributed by atoms with van der Waals surface area (Å²) in [7, 11) is 0. The van der Waals surface area contributed by atoms with Gasteiger partial charge in [0, 0.05) is 13.0 Å². The number of aliphatic hydroxyl groups is 1. The Bertz CT molecular complexity index is 1020. The molecule has 212 valence electrons. The van der Waals surface area contributed by atoms with Gasteiger partial charge in [-0.15, -0.1) is 0 Å². The van der Waals surface area contributed by atoms with Crippen molar-refractivity contribution in [3.63, 3.8) is 0 Å². The minimum absolute atomic E-state index is 0.0325. The molecule has 0 amide bonds. The van der Waals surface area contributed by atoms with Crippen LogP contribution in [0.15, 0.2) is 36.4 Å². The number of carboxylic acid groups (broad SMARTS) is 1. The van der Waals surface area contributed by atoms with Gasteiger partial charge in [0.25, 0.3) is 0 Å². The zero-order valence-corrected chi connectivity index (χ0v) is 22.4. The molecule has 9 heteroatoms. The second kappa shape index (κ2) is 15.2. The largest absolute Gasteiger partial charge is 0.481 e. The Morgan fingerprint density at radius 2 is 1.76 bits per heavy atom. The third-order valence-electron chi connectivity index (χ3n) is 6.53. The van der Waals surface area contributed by atoms with E-state index in [1.807, 2.05) is 13.0 Å². The van der Waals surface area contributed by atoms with Crippen LogP contribution in [0.4, 0.5) is 17.6 Å². The first-order valence-corrected chi connectivity index (χ1v) is 13.0. The third kappa shape index (κ3) is 11.1. The molecule has 0 aliphatic carbocycles. The molecule has 2 unspecified atom stereocenters. The molecule has 0 spiro atoms. The number of alkyl halides is 3. The zero-order valence-electron chi connectivity index (χ0n) is 22.4. The monoisotopic (exact) mass is 541 g/mol. The fraction of sp³-hybridized carbons (Fsp3) is 0.552. The van der Waals surface area contributed by atoms with Crippen LogP contribution in [-0.2, 0) is 22.1 Å². The van der Waals surface area contributed by atoms with Crippen LogP contribution in [0.25, 0.3) is 0 Å². The van der Waals surface area contributed by atoms with E-state index in [1.165, 1.54) is 12.1 Å². The van der Waals surface area contributed by atoms with Crippen molar-refractivity contribution in [2.75, 3.05) is 26.2 Å². The molecular weight excluding hydrogens is 502 g/mol. The molecule has 2 atom stereocenters. The van der Waals surface area contributed by atoms with Gasteiger partial charge in [-0.1, -0.05) is 18.2 Å². The SMILES string of the molecule is CC(OCC(O)CN1CCCC1)c1cc(C(F)(F)F)ccc1CCCCC(=O)O.Cc1ccc(C)c(F)c1. The van der Waals surface area contributed by atoms with Crippen molar-refractivity contribution in [2.45, 2.75) is 77.7 Å². The molecule has 5 nitrogen and oxygen atoms in total. The van der Waals surface area contributed by atoms with Gasteiger partial charge in [0.2, 0.25) is 0 Å². The summed E-state index contributed by atoms with van der Waals surface area (Å²) in [6.45, 7) is 7.75. The molecule has 0 bridgehead atoms. The van der Waals surface area contributed by atoms with Crippen LogP contribution in [0.5, 0.6) is 0 Å². The molecule has 0 radical (unpaired) electrons. The van der Waals surface area contributed by atoms with Gasteiger partial charge >= 0.3 is 12.1 Å². The summed E-state index contributed by atoms with van der Waals surface area (Å²) in [5.74, 6) is -1.00. The van der Waals surface area contributed by atoms with E-state index in [0.29, 0.717) is 42.5 Å². The van der Waals surface area contributed by atoms with Crippen molar-refractivity contribution in [3.8, 4) is 0 Å². The summed E-state index contributed by atoms with van der Waals surface area (Å²) in [5, 5.41) is 18.9. The maximum atomic E-state index is 13.1. The second-order valence-corrected chi connectivity index (χ2v) is 9.90. The van der Waals surface area contributed by atoms with Crippen LogP contribution >= 0.6 is 0 Å². The van der Waals surface area contributed by atoms with E-state index in [9.17, 15) is 27.5 Å². The minimum atomic E-state index is -4.45. The van der Waals surface area contributed by atoms with Gasteiger partial charge in [0.15, 0.2) is 0 Å². The van der Waals surface area contributed by atoms with Crippen molar-refractivity contribution in [3.05, 3.63) is 70.0 Å². The normalized spacial score (nSPS) is 15.6. The molecule has 38 heavy (non-hydrogen) atoms. The highest BCUT2D eigenvalue weighted by Gasteiger charge is 2.31. The number of aryl methyl sites for hydroxylation is 3. The Morgan fingerprint density at radius 3 is 2.34 bits per heavy atom. The Morgan fingerprint density at radius 1 is 1.08 bits per heavy atom. The molecule has 0 saturated carbocycles. The molecule has 1 saturated heterocycles. The summed E-state index contributed by atoms with van der Waals surface area (Å²) in [6, 6.07) is 8.81. The van der Waals surface area contributed by atoms with E-state index in [0.717, 1.165) is 43.6 Å². The van der Waals surface area contributed by atoms with Crippen LogP contribution in [0.1, 0.15) is 72.9 Å². The molecule has 1 heterocycles. The fourth-order valence-electron chi connectivity index (χ4n) is 4.33. The molecule has 3 rings (SSSR count). The predicted octanol–water partition coefficient (Wildman–Crippen LogP) is 6.48. The molecular formula is C29H39F4NO4. The van der Waals surface area contributed by atoms with Gasteiger partial charge in [0.1, 0.15) is 5.82 Å². The number of aliphatic hydroxyl groups excluding tert-OH is 1. The van der Waals surface area contributed by atoms with Crippen LogP contribution in [-0.4, -0.2) is 53.4 Å². The predicted molar refractivity (Wildman–Crippen MR) is 139 cm³/mol. The number of hydrogen-bond acceptors (Lipinski definition) is 4. The maximum Gasteiger partial charge on any atom is 0.416 e. The fourth-order valence-corrected chi connectivity index (χ4v) is 4.33. The van der Waals surface area contributed by atoms with E-state index in [-0.39, 0.29) is 18.8 Å². The Kier molecular flexibility index (Phi) is 12.7. The number of aliphatic carboxylic acids is 1. The number of rotatable bonds is 11. The summed E-state index contributed by atoms with van der Waals surface area (Å²) in [5.41, 5.74) is 2.09. The first kappa shape index (κ1) is 31.7. The van der Waals surface area contributed by atoms with Gasteiger partial charge in [-0.25, -0.2) is 4.39 Å². The van der Waals surface area contributed by atoms with Crippen molar-refractivity contribution >= 4 is 5.97 Å². The summed E-state index contributed by atoms with van der Waals surface area (Å²) in [4.78, 5) is 12.8. The van der Waals surface area contributed by atoms with Crippen LogP contribution in [0.2, 0.25) is 0 Å². The molecule has 2 aromatic rings. The summed E-state index contributed by atoms with van der Waals surface area (Å²) in [6.07, 6.45) is -2.01. The van der Waals surface area contributed by atoms with E-state index in [2.05, 4.69) is 4.90 Å². The quantitative estimate of drug-likeness (QED) is 0.252. The lowest BCUT2D eigenvalue weighted by molar-refractivity contribution is -0.138. The highest BCUT2D eigenvalue weighted by Crippen LogP contribution is 2.33. The smallest absolute Gasteiger partial charge is 0.416 e. The number of β-amino-alcohol motifs (C(OH)–C–C–N with tert-alkyl or cyclic N) is 1. The number of likely N-dealkylation sites (tertiary alicyclic amines) is 1. The number of carboxylic acids is 1. The molecule has 0 aromatic heterocycles. The van der Waals surface area contributed by atoms with Crippen LogP contribution in [0.3, 0.4) is 0 Å². The van der Waals surface area contributed by atoms with Crippen LogP contribution < -0.4 is 0 Å². The number of hydrogen-bond donors (Lipinski definition) is 2. The van der Waals surface area contributed by atoms with E-state index in [4.69, 9.17) is 9.84 Å². The first-order valence-electron chi connectivity index (χ1n) is 13.0. The minimum Gasteiger partial charge on any atom is -0.481 e. The Hall–Kier alpha value is -2.49. The molecule has 2 aromatic carbocycles. The third-order valence-corrected chi connectivity index (χ3v) is 6.53. The standard InChI is InChI=1S/C21H30F3NO4.C8H9F/c1-15(29-14-18(26)13-25-10-4-5-11-25)19-12-17(21(22,23)24)9-8-16(19)6-2-3-7-20(27)28;1-6-3-4-7(2)8(9)5-6/h8-9,12,15,18,26H,2-7,10-11,13-14H2,1H3,(H,27,28);3-5H,1-2H3. The number of unbranched alkanes of at least 4 members (excludes halogenated alkanes) is 1. The summed E-state index contributed by atoms with van der Waals surface area (Å²) < 4.78 is 57.7. The lowest BCUT2D eigenvalue weighted by Gasteiger charge is -2.23. The van der Waals surface area contributed by atoms with Crippen molar-refractivity contribution in [2.24, 2.45) is 0 Å². The van der Waals surface area contributed by atoms with Crippen molar-refractivity contribution in [1.82, 2.24) is 4.90 Å². The molecule has 1 fully saturated rings. The lowest BCUT2D eigenvalue weighted by atomic mass is 9.95. The lowest BCUT2D eigenvalue weighted by Crippen LogP contribution is -2.33. The average Bonchev–Trinajstić information content (AvgIpc) is 3.35. The number of carbonyl (C=O) groups is 1. The van der Waals surface area contributed by atoms with Gasteiger partial charge < -0.3 is 19.8 Å². The first-order chi connectivity index (χ1) is 17.9. The van der Waals surface area contributed by atoms with Crippen LogP contribution in [0, 0.1) is 19.7 Å². The maximum absolute atomic E-state index is 13.1. The highest BCUT2D eigenvalue weighted by atomic mass is 19.4. The highest BCUT2D eigenvalue weighted by molar-refractivity contribution is 5.66. The summed E-state index contributed by atoms with van der Waals surface area (Å²) >= 11 is 0. The second-order valence-electron chi connectivity index (χ2n) is 9.90. The topological polar surface area (TPSA) is 70.0 Å². The average molecular weight is 542 g/mol. The van der Waals surface area contributed by atoms with Gasteiger partial charge in [-0.3, -0.25) is 4.79 Å². The Labute approximate surface area is 222 Å². The van der Waals surface area contributed by atoms with Gasteiger partial charge in [-0.05, 0) is 106 Å². The van der Waals surface area contributed by atoms with Crippen molar-refractivity contribution < 1.29 is 37.3 Å². The Balaban J connectivity index is 0.000000474. The van der Waals surface area contributed by atoms with Gasteiger partial charge in [-0.2, -0.15) is 13.2 Å². The van der Waals surface area contributed by atoms with Crippen molar-refractivity contribution in [1.29, 1.82) is 0 Å². The number of benzene rings is 2. The molecule has 1 aliphatic heterocycles. The number of nitrogens with zero attached hydrogens (tertiary/aromatic N) is 1. The number of halogens is 4. The van der Waals surface area contributed by atoms with E-state index >= 15 is 0 Å². The molecule has 2 N–H and O–H groups in total. The van der Waals surface area contributed by atoms with E-state index < -0.39 is 29.9 Å². The van der Waals surface area contributed by atoms with E-state index in [1.54, 1.807) is 19.9 Å². The van der Waals surface area contributed by atoms with Gasteiger partial charge in [0.05, 0.1) is 24.4 Å². The molecule has 1 aliphatic rings.